The summed E-state index contributed by atoms with van der Waals surface area (Å²) in [6.45, 7) is 3.68. The van der Waals surface area contributed by atoms with Crippen LogP contribution in [0.15, 0.2) is 29.2 Å². The minimum atomic E-state index is -3.10. The van der Waals surface area contributed by atoms with Crippen LogP contribution in [0.4, 0.5) is 0 Å². The molecule has 1 aromatic rings. The van der Waals surface area contributed by atoms with E-state index in [4.69, 9.17) is 4.74 Å². The van der Waals surface area contributed by atoms with Crippen LogP contribution >= 0.6 is 0 Å². The highest BCUT2D eigenvalue weighted by molar-refractivity contribution is 7.90. The molecule has 2 atom stereocenters. The first-order valence-corrected chi connectivity index (χ1v) is 8.49. The predicted octanol–water partition coefficient (Wildman–Crippen LogP) is 1.75. The summed E-state index contributed by atoms with van der Waals surface area (Å²) in [4.78, 5) is 0.365. The number of nitrogens with one attached hydrogen (secondary N) is 1. The maximum Gasteiger partial charge on any atom is 0.175 e. The third-order valence-corrected chi connectivity index (χ3v) is 4.50. The van der Waals surface area contributed by atoms with E-state index in [1.807, 2.05) is 12.1 Å². The number of sulfone groups is 1. The second-order valence-electron chi connectivity index (χ2n) is 5.19. The van der Waals surface area contributed by atoms with Gasteiger partial charge in [-0.05, 0) is 37.5 Å². The standard InChI is InChI=1S/C14H21NO3S/c1-11-3-6-13(18-11)10-15-9-12-4-7-14(8-5-12)19(2,16)17/h4-5,7-8,11,13,15H,3,6,9-10H2,1-2H3. The second-order valence-corrected chi connectivity index (χ2v) is 7.21. The molecule has 0 saturated carbocycles. The molecule has 0 bridgehead atoms. The number of rotatable bonds is 5. The summed E-state index contributed by atoms with van der Waals surface area (Å²) in [5, 5.41) is 3.35. The molecule has 2 unspecified atom stereocenters. The van der Waals surface area contributed by atoms with Crippen molar-refractivity contribution in [2.45, 2.75) is 43.4 Å². The normalized spacial score (nSPS) is 23.7. The van der Waals surface area contributed by atoms with Crippen LogP contribution in [0.1, 0.15) is 25.3 Å². The first-order chi connectivity index (χ1) is 8.95. The molecule has 0 radical (unpaired) electrons. The van der Waals surface area contributed by atoms with Crippen molar-refractivity contribution >= 4 is 9.84 Å². The minimum absolute atomic E-state index is 0.310. The molecule has 0 aromatic heterocycles. The van der Waals surface area contributed by atoms with Gasteiger partial charge in [0.05, 0.1) is 17.1 Å². The van der Waals surface area contributed by atoms with Gasteiger partial charge in [0.25, 0.3) is 0 Å². The van der Waals surface area contributed by atoms with Crippen molar-refractivity contribution < 1.29 is 13.2 Å². The van der Waals surface area contributed by atoms with Gasteiger partial charge in [-0.2, -0.15) is 0 Å². The van der Waals surface area contributed by atoms with Gasteiger partial charge in [-0.3, -0.25) is 0 Å². The summed E-state index contributed by atoms with van der Waals surface area (Å²) >= 11 is 0. The summed E-state index contributed by atoms with van der Waals surface area (Å²) < 4.78 is 28.4. The van der Waals surface area contributed by atoms with Crippen LogP contribution in [-0.4, -0.2) is 33.4 Å². The zero-order chi connectivity index (χ0) is 13.9. The van der Waals surface area contributed by atoms with Crippen molar-refractivity contribution in [3.63, 3.8) is 0 Å². The molecule has 1 N–H and O–H groups in total. The molecule has 0 aliphatic carbocycles. The third kappa shape index (κ3) is 4.30. The van der Waals surface area contributed by atoms with Gasteiger partial charge in [-0.1, -0.05) is 12.1 Å². The van der Waals surface area contributed by atoms with Crippen molar-refractivity contribution in [3.05, 3.63) is 29.8 Å². The summed E-state index contributed by atoms with van der Waals surface area (Å²) in [5.74, 6) is 0. The molecular weight excluding hydrogens is 262 g/mol. The first kappa shape index (κ1) is 14.5. The maximum atomic E-state index is 11.3. The Morgan fingerprint density at radius 1 is 1.26 bits per heavy atom. The van der Waals surface area contributed by atoms with Gasteiger partial charge >= 0.3 is 0 Å². The molecule has 0 spiro atoms. The highest BCUT2D eigenvalue weighted by Crippen LogP contribution is 2.18. The van der Waals surface area contributed by atoms with E-state index in [1.54, 1.807) is 12.1 Å². The van der Waals surface area contributed by atoms with Crippen LogP contribution in [0, 0.1) is 0 Å². The van der Waals surface area contributed by atoms with E-state index < -0.39 is 9.84 Å². The molecule has 1 heterocycles. The highest BCUT2D eigenvalue weighted by atomic mass is 32.2. The average molecular weight is 283 g/mol. The maximum absolute atomic E-state index is 11.3. The average Bonchev–Trinajstić information content (AvgIpc) is 2.75. The van der Waals surface area contributed by atoms with Crippen molar-refractivity contribution in [1.29, 1.82) is 0 Å². The number of ether oxygens (including phenoxy) is 1. The molecule has 5 heteroatoms. The summed E-state index contributed by atoms with van der Waals surface area (Å²) in [6, 6.07) is 7.00. The van der Waals surface area contributed by atoms with Gasteiger partial charge in [0, 0.05) is 19.3 Å². The van der Waals surface area contributed by atoms with Gasteiger partial charge in [-0.15, -0.1) is 0 Å². The number of hydrogen-bond donors (Lipinski definition) is 1. The van der Waals surface area contributed by atoms with Crippen molar-refractivity contribution in [1.82, 2.24) is 5.32 Å². The Balaban J connectivity index is 1.80. The molecule has 2 rings (SSSR count). The van der Waals surface area contributed by atoms with Crippen molar-refractivity contribution in [2.75, 3.05) is 12.8 Å². The fourth-order valence-corrected chi connectivity index (χ4v) is 2.90. The molecule has 4 nitrogen and oxygen atoms in total. The lowest BCUT2D eigenvalue weighted by molar-refractivity contribution is 0.0559. The first-order valence-electron chi connectivity index (χ1n) is 6.60. The van der Waals surface area contributed by atoms with Crippen LogP contribution in [0.5, 0.6) is 0 Å². The largest absolute Gasteiger partial charge is 0.374 e. The van der Waals surface area contributed by atoms with Crippen LogP contribution < -0.4 is 5.32 Å². The summed E-state index contributed by atoms with van der Waals surface area (Å²) in [5.41, 5.74) is 1.08. The molecule has 0 amide bonds. The van der Waals surface area contributed by atoms with E-state index in [0.29, 0.717) is 17.1 Å². The lowest BCUT2D eigenvalue weighted by Gasteiger charge is -2.12. The minimum Gasteiger partial charge on any atom is -0.374 e. The zero-order valence-corrected chi connectivity index (χ0v) is 12.2. The zero-order valence-electron chi connectivity index (χ0n) is 11.4. The number of benzene rings is 1. The van der Waals surface area contributed by atoms with E-state index in [9.17, 15) is 8.42 Å². The Labute approximate surface area is 115 Å². The van der Waals surface area contributed by atoms with Crippen LogP contribution in [0.2, 0.25) is 0 Å². The Morgan fingerprint density at radius 3 is 2.47 bits per heavy atom. The quantitative estimate of drug-likeness (QED) is 0.894. The van der Waals surface area contributed by atoms with E-state index in [0.717, 1.165) is 31.5 Å². The van der Waals surface area contributed by atoms with Crippen LogP contribution in [0.25, 0.3) is 0 Å². The van der Waals surface area contributed by atoms with Gasteiger partial charge in [0.1, 0.15) is 0 Å². The van der Waals surface area contributed by atoms with E-state index in [1.165, 1.54) is 6.26 Å². The molecule has 106 valence electrons. The molecule has 1 aliphatic rings. The lowest BCUT2D eigenvalue weighted by Crippen LogP contribution is -2.26. The van der Waals surface area contributed by atoms with Crippen molar-refractivity contribution in [2.24, 2.45) is 0 Å². The summed E-state index contributed by atoms with van der Waals surface area (Å²) in [6.07, 6.45) is 4.15. The Hall–Kier alpha value is -0.910. The van der Waals surface area contributed by atoms with Gasteiger partial charge in [0.15, 0.2) is 9.84 Å². The summed E-state index contributed by atoms with van der Waals surface area (Å²) in [7, 11) is -3.10. The highest BCUT2D eigenvalue weighted by Gasteiger charge is 2.20. The van der Waals surface area contributed by atoms with Gasteiger partial charge in [0.2, 0.25) is 0 Å². The smallest absolute Gasteiger partial charge is 0.175 e. The molecule has 19 heavy (non-hydrogen) atoms. The SMILES string of the molecule is CC1CCC(CNCc2ccc(S(C)(=O)=O)cc2)O1. The van der Waals surface area contributed by atoms with E-state index in [2.05, 4.69) is 12.2 Å². The Morgan fingerprint density at radius 2 is 1.95 bits per heavy atom. The lowest BCUT2D eigenvalue weighted by atomic mass is 10.2. The predicted molar refractivity (Wildman–Crippen MR) is 74.8 cm³/mol. The fourth-order valence-electron chi connectivity index (χ4n) is 2.27. The molecule has 1 aromatic carbocycles. The Kier molecular flexibility index (Phi) is 4.60. The Bertz CT molecular complexity index is 510. The fraction of sp³-hybridized carbons (Fsp3) is 0.571. The van der Waals surface area contributed by atoms with Crippen LogP contribution in [-0.2, 0) is 21.1 Å². The van der Waals surface area contributed by atoms with E-state index in [-0.39, 0.29) is 0 Å². The third-order valence-electron chi connectivity index (χ3n) is 3.37. The molecule has 1 saturated heterocycles. The van der Waals surface area contributed by atoms with E-state index >= 15 is 0 Å². The molecular formula is C14H21NO3S. The second kappa shape index (κ2) is 6.03. The number of hydrogen-bond acceptors (Lipinski definition) is 4. The topological polar surface area (TPSA) is 55.4 Å². The monoisotopic (exact) mass is 283 g/mol. The molecule has 1 aliphatic heterocycles. The van der Waals surface area contributed by atoms with Crippen molar-refractivity contribution in [3.8, 4) is 0 Å². The van der Waals surface area contributed by atoms with Gasteiger partial charge < -0.3 is 10.1 Å². The molecule has 1 fully saturated rings. The van der Waals surface area contributed by atoms with Crippen LogP contribution in [0.3, 0.4) is 0 Å². The van der Waals surface area contributed by atoms with Gasteiger partial charge in [-0.25, -0.2) is 8.42 Å².